The molecular formula is C14H13F2N3. The highest BCUT2D eigenvalue weighted by molar-refractivity contribution is 5.77. The number of hydrogen-bond donors (Lipinski definition) is 1. The number of benzene rings is 1. The molecule has 5 heteroatoms. The minimum atomic E-state index is -2.56. The van der Waals surface area contributed by atoms with E-state index in [0.717, 1.165) is 25.0 Å². The zero-order chi connectivity index (χ0) is 13.0. The van der Waals surface area contributed by atoms with Crippen molar-refractivity contribution in [2.24, 2.45) is 0 Å². The molecule has 0 radical (unpaired) electrons. The maximum Gasteiger partial charge on any atom is 0.281 e. The molecule has 19 heavy (non-hydrogen) atoms. The number of halogens is 2. The fourth-order valence-corrected chi connectivity index (χ4v) is 3.33. The van der Waals surface area contributed by atoms with Gasteiger partial charge in [-0.15, -0.1) is 0 Å². The Bertz CT molecular complexity index is 656. The van der Waals surface area contributed by atoms with Gasteiger partial charge in [0, 0.05) is 13.1 Å². The summed E-state index contributed by atoms with van der Waals surface area (Å²) in [7, 11) is 0. The Labute approximate surface area is 109 Å². The number of piperidine rings is 1. The molecule has 4 rings (SSSR count). The van der Waals surface area contributed by atoms with Gasteiger partial charge in [0.15, 0.2) is 0 Å². The minimum absolute atomic E-state index is 0.244. The smallest absolute Gasteiger partial charge is 0.281 e. The summed E-state index contributed by atoms with van der Waals surface area (Å²) in [5, 5.41) is 3.42. The first-order valence-electron chi connectivity index (χ1n) is 6.51. The molecule has 0 unspecified atom stereocenters. The molecule has 1 aromatic carbocycles. The number of aromatic nitrogens is 2. The SMILES string of the molecule is FC(F)c1cnc2cc3c(cc2n1)[C@H]1CNC[C@@H]3C1. The molecule has 0 spiro atoms. The van der Waals surface area contributed by atoms with Gasteiger partial charge in [-0.3, -0.25) is 4.98 Å². The van der Waals surface area contributed by atoms with Crippen LogP contribution in [0.1, 0.15) is 41.5 Å². The first kappa shape index (κ1) is 11.2. The molecule has 0 amide bonds. The number of nitrogens with zero attached hydrogens (tertiary/aromatic N) is 2. The Balaban J connectivity index is 1.91. The topological polar surface area (TPSA) is 37.8 Å². The maximum absolute atomic E-state index is 12.7. The van der Waals surface area contributed by atoms with E-state index in [1.165, 1.54) is 17.3 Å². The lowest BCUT2D eigenvalue weighted by molar-refractivity contribution is 0.146. The average molecular weight is 261 g/mol. The molecule has 2 aliphatic rings. The quantitative estimate of drug-likeness (QED) is 0.857. The van der Waals surface area contributed by atoms with E-state index in [2.05, 4.69) is 15.3 Å². The lowest BCUT2D eigenvalue weighted by atomic mass is 9.98. The highest BCUT2D eigenvalue weighted by Gasteiger charge is 2.34. The Morgan fingerprint density at radius 2 is 1.79 bits per heavy atom. The lowest BCUT2D eigenvalue weighted by Crippen LogP contribution is -2.28. The number of hydrogen-bond acceptors (Lipinski definition) is 3. The first-order valence-corrected chi connectivity index (χ1v) is 6.51. The van der Waals surface area contributed by atoms with Crippen molar-refractivity contribution in [2.75, 3.05) is 13.1 Å². The third-order valence-corrected chi connectivity index (χ3v) is 4.22. The van der Waals surface area contributed by atoms with E-state index >= 15 is 0 Å². The normalized spacial score (nSPS) is 25.0. The summed E-state index contributed by atoms with van der Waals surface area (Å²) in [6, 6.07) is 3.99. The van der Waals surface area contributed by atoms with Crippen molar-refractivity contribution in [3.05, 3.63) is 35.2 Å². The summed E-state index contributed by atoms with van der Waals surface area (Å²) in [5.74, 6) is 1.03. The number of nitrogens with one attached hydrogen (secondary N) is 1. The van der Waals surface area contributed by atoms with Crippen molar-refractivity contribution in [3.63, 3.8) is 0 Å². The van der Waals surface area contributed by atoms with E-state index in [1.807, 2.05) is 12.1 Å². The zero-order valence-electron chi connectivity index (χ0n) is 10.2. The van der Waals surface area contributed by atoms with Crippen LogP contribution in [0.5, 0.6) is 0 Å². The molecular weight excluding hydrogens is 248 g/mol. The summed E-state index contributed by atoms with van der Waals surface area (Å²) in [5.41, 5.74) is 3.65. The van der Waals surface area contributed by atoms with Crippen LogP contribution in [-0.2, 0) is 0 Å². The van der Waals surface area contributed by atoms with Gasteiger partial charge in [-0.2, -0.15) is 0 Å². The van der Waals surface area contributed by atoms with Gasteiger partial charge in [0.25, 0.3) is 6.43 Å². The third kappa shape index (κ3) is 1.64. The van der Waals surface area contributed by atoms with Crippen LogP contribution in [0.2, 0.25) is 0 Å². The molecule has 98 valence electrons. The first-order chi connectivity index (χ1) is 9.22. The lowest BCUT2D eigenvalue weighted by Gasteiger charge is -2.19. The highest BCUT2D eigenvalue weighted by Crippen LogP contribution is 2.44. The van der Waals surface area contributed by atoms with Gasteiger partial charge < -0.3 is 5.32 Å². The van der Waals surface area contributed by atoms with Gasteiger partial charge in [0.2, 0.25) is 0 Å². The fraction of sp³-hybridized carbons (Fsp3) is 0.429. The Hall–Kier alpha value is -1.62. The Kier molecular flexibility index (Phi) is 2.33. The molecule has 1 saturated heterocycles. The fourth-order valence-electron chi connectivity index (χ4n) is 3.33. The summed E-state index contributed by atoms with van der Waals surface area (Å²) in [6.07, 6.45) is -0.231. The maximum atomic E-state index is 12.7. The molecule has 1 N–H and O–H groups in total. The molecule has 1 aliphatic carbocycles. The number of rotatable bonds is 1. The Morgan fingerprint density at radius 1 is 1.11 bits per heavy atom. The molecule has 2 atom stereocenters. The summed E-state index contributed by atoms with van der Waals surface area (Å²) < 4.78 is 25.3. The second-order valence-electron chi connectivity index (χ2n) is 5.35. The van der Waals surface area contributed by atoms with Crippen LogP contribution in [0.4, 0.5) is 8.78 Å². The van der Waals surface area contributed by atoms with Crippen LogP contribution >= 0.6 is 0 Å². The summed E-state index contributed by atoms with van der Waals surface area (Å²) in [6.45, 7) is 1.97. The number of fused-ring (bicyclic) bond motifs is 6. The van der Waals surface area contributed by atoms with E-state index in [4.69, 9.17) is 0 Å². The molecule has 1 aliphatic heterocycles. The van der Waals surface area contributed by atoms with Crippen LogP contribution < -0.4 is 5.32 Å². The van der Waals surface area contributed by atoms with Crippen molar-refractivity contribution in [1.82, 2.24) is 15.3 Å². The monoisotopic (exact) mass is 261 g/mol. The van der Waals surface area contributed by atoms with Gasteiger partial charge in [-0.05, 0) is 41.5 Å². The Morgan fingerprint density at radius 3 is 2.47 bits per heavy atom. The molecule has 1 aromatic heterocycles. The molecule has 3 nitrogen and oxygen atoms in total. The standard InChI is InChI=1S/C14H13F2N3/c15-14(16)13-6-18-11-2-9-7-1-8(5-17-4-7)10(9)3-12(11)19-13/h2-3,6-8,14,17H,1,4-5H2/t7-,8+/m0/s1. The summed E-state index contributed by atoms with van der Waals surface area (Å²) in [4.78, 5) is 8.16. The van der Waals surface area contributed by atoms with Crippen LogP contribution in [-0.4, -0.2) is 23.1 Å². The molecule has 2 aromatic rings. The van der Waals surface area contributed by atoms with E-state index in [1.54, 1.807) is 0 Å². The van der Waals surface area contributed by atoms with Crippen molar-refractivity contribution in [2.45, 2.75) is 24.7 Å². The average Bonchev–Trinajstić information content (AvgIpc) is 2.67. The van der Waals surface area contributed by atoms with E-state index in [0.29, 0.717) is 17.4 Å². The van der Waals surface area contributed by atoms with Crippen LogP contribution in [0, 0.1) is 0 Å². The second-order valence-corrected chi connectivity index (χ2v) is 5.35. The minimum Gasteiger partial charge on any atom is -0.316 e. The molecule has 1 fully saturated rings. The van der Waals surface area contributed by atoms with Gasteiger partial charge in [0.1, 0.15) is 5.69 Å². The summed E-state index contributed by atoms with van der Waals surface area (Å²) >= 11 is 0. The van der Waals surface area contributed by atoms with Gasteiger partial charge in [-0.1, -0.05) is 0 Å². The van der Waals surface area contributed by atoms with Crippen molar-refractivity contribution in [3.8, 4) is 0 Å². The largest absolute Gasteiger partial charge is 0.316 e. The van der Waals surface area contributed by atoms with Gasteiger partial charge in [-0.25, -0.2) is 13.8 Å². The van der Waals surface area contributed by atoms with E-state index in [-0.39, 0.29) is 5.69 Å². The third-order valence-electron chi connectivity index (χ3n) is 4.22. The van der Waals surface area contributed by atoms with Crippen LogP contribution in [0.15, 0.2) is 18.3 Å². The predicted molar refractivity (Wildman–Crippen MR) is 67.5 cm³/mol. The van der Waals surface area contributed by atoms with Crippen molar-refractivity contribution >= 4 is 11.0 Å². The second kappa shape index (κ2) is 3.93. The van der Waals surface area contributed by atoms with E-state index < -0.39 is 6.43 Å². The van der Waals surface area contributed by atoms with Crippen LogP contribution in [0.25, 0.3) is 11.0 Å². The molecule has 0 saturated carbocycles. The zero-order valence-corrected chi connectivity index (χ0v) is 10.2. The molecule has 2 heterocycles. The van der Waals surface area contributed by atoms with Gasteiger partial charge in [0.05, 0.1) is 17.2 Å². The number of alkyl halides is 2. The molecule has 2 bridgehead atoms. The van der Waals surface area contributed by atoms with Crippen LogP contribution in [0.3, 0.4) is 0 Å². The van der Waals surface area contributed by atoms with Crippen molar-refractivity contribution < 1.29 is 8.78 Å². The van der Waals surface area contributed by atoms with Gasteiger partial charge >= 0.3 is 0 Å². The van der Waals surface area contributed by atoms with Crippen molar-refractivity contribution in [1.29, 1.82) is 0 Å². The van der Waals surface area contributed by atoms with E-state index in [9.17, 15) is 8.78 Å². The highest BCUT2D eigenvalue weighted by atomic mass is 19.3. The predicted octanol–water partition coefficient (Wildman–Crippen LogP) is 2.74.